The molecule has 0 unspecified atom stereocenters. The van der Waals surface area contributed by atoms with Crippen molar-refractivity contribution in [1.82, 2.24) is 0 Å². The molecule has 0 amide bonds. The average molecular weight is 270 g/mol. The maximum Gasteiger partial charge on any atom is 0.309 e. The summed E-state index contributed by atoms with van der Waals surface area (Å²) in [5, 5.41) is 0. The number of carbonyl (C=O) groups is 2. The third kappa shape index (κ3) is 3.28. The zero-order valence-electron chi connectivity index (χ0n) is 12.7. The summed E-state index contributed by atoms with van der Waals surface area (Å²) < 4.78 is 9.66. The summed E-state index contributed by atoms with van der Waals surface area (Å²) in [6.07, 6.45) is 2.91. The Bertz CT molecular complexity index is 339. The van der Waals surface area contributed by atoms with Crippen molar-refractivity contribution in [1.29, 1.82) is 0 Å². The summed E-state index contributed by atoms with van der Waals surface area (Å²) in [6.45, 7) is 6.50. The van der Waals surface area contributed by atoms with Gasteiger partial charge in [-0.15, -0.1) is 0 Å². The Labute approximate surface area is 115 Å². The molecule has 0 N–H and O–H groups in total. The molecule has 19 heavy (non-hydrogen) atoms. The second kappa shape index (κ2) is 6.40. The van der Waals surface area contributed by atoms with Crippen LogP contribution in [-0.2, 0) is 19.1 Å². The Morgan fingerprint density at radius 2 is 1.79 bits per heavy atom. The molecule has 110 valence electrons. The number of hydrogen-bond donors (Lipinski definition) is 0. The Kier molecular flexibility index (Phi) is 5.39. The van der Waals surface area contributed by atoms with E-state index in [4.69, 9.17) is 9.47 Å². The second-order valence-electron chi connectivity index (χ2n) is 6.00. The van der Waals surface area contributed by atoms with Gasteiger partial charge in [0.05, 0.1) is 20.1 Å². The first-order chi connectivity index (χ1) is 8.86. The molecule has 0 saturated heterocycles. The number of carbonyl (C=O) groups excluding carboxylic acids is 2. The van der Waals surface area contributed by atoms with Gasteiger partial charge >= 0.3 is 11.9 Å². The monoisotopic (exact) mass is 270 g/mol. The molecule has 0 heterocycles. The van der Waals surface area contributed by atoms with Crippen molar-refractivity contribution in [2.75, 3.05) is 14.2 Å². The Balaban J connectivity index is 2.90. The lowest BCUT2D eigenvalue weighted by Crippen LogP contribution is -2.45. The first-order valence-electron chi connectivity index (χ1n) is 7.01. The van der Waals surface area contributed by atoms with Crippen molar-refractivity contribution in [2.24, 2.45) is 23.2 Å². The second-order valence-corrected chi connectivity index (χ2v) is 6.00. The molecule has 1 aliphatic rings. The van der Waals surface area contributed by atoms with E-state index in [0.29, 0.717) is 24.7 Å². The van der Waals surface area contributed by atoms with Crippen molar-refractivity contribution in [3.8, 4) is 0 Å². The van der Waals surface area contributed by atoms with Crippen LogP contribution in [0.1, 0.15) is 46.5 Å². The van der Waals surface area contributed by atoms with E-state index in [9.17, 15) is 9.59 Å². The highest BCUT2D eigenvalue weighted by Gasteiger charge is 2.48. The average Bonchev–Trinajstić information content (AvgIpc) is 2.41. The molecule has 0 aromatic carbocycles. The predicted octanol–water partition coefficient (Wildman–Crippen LogP) is 2.80. The molecule has 4 atom stereocenters. The molecular weight excluding hydrogens is 244 g/mol. The zero-order valence-corrected chi connectivity index (χ0v) is 12.7. The summed E-state index contributed by atoms with van der Waals surface area (Å²) in [4.78, 5) is 23.4. The van der Waals surface area contributed by atoms with Gasteiger partial charge in [-0.1, -0.05) is 20.8 Å². The normalized spacial score (nSPS) is 34.7. The van der Waals surface area contributed by atoms with Gasteiger partial charge in [-0.2, -0.15) is 0 Å². The molecule has 4 nitrogen and oxygen atoms in total. The number of hydrogen-bond acceptors (Lipinski definition) is 4. The summed E-state index contributed by atoms with van der Waals surface area (Å²) in [6, 6.07) is 0. The quantitative estimate of drug-likeness (QED) is 0.737. The molecule has 0 spiro atoms. The lowest BCUT2D eigenvalue weighted by Gasteiger charge is -2.48. The molecule has 0 aromatic heterocycles. The third-order valence-electron chi connectivity index (χ3n) is 5.18. The van der Waals surface area contributed by atoms with E-state index in [1.165, 1.54) is 14.2 Å². The molecule has 1 fully saturated rings. The Morgan fingerprint density at radius 3 is 2.32 bits per heavy atom. The smallest absolute Gasteiger partial charge is 0.309 e. The summed E-state index contributed by atoms with van der Waals surface area (Å²) >= 11 is 0. The first kappa shape index (κ1) is 16.0. The fourth-order valence-corrected chi connectivity index (χ4v) is 3.38. The van der Waals surface area contributed by atoms with Gasteiger partial charge in [0.2, 0.25) is 0 Å². The fraction of sp³-hybridized carbons (Fsp3) is 0.867. The van der Waals surface area contributed by atoms with Crippen molar-refractivity contribution in [3.05, 3.63) is 0 Å². The van der Waals surface area contributed by atoms with Gasteiger partial charge in [-0.05, 0) is 36.5 Å². The van der Waals surface area contributed by atoms with E-state index in [0.717, 1.165) is 12.8 Å². The van der Waals surface area contributed by atoms with E-state index >= 15 is 0 Å². The maximum absolute atomic E-state index is 12.0. The van der Waals surface area contributed by atoms with Gasteiger partial charge in [0.25, 0.3) is 0 Å². The molecular formula is C15H26O4. The van der Waals surface area contributed by atoms with Crippen molar-refractivity contribution in [3.63, 3.8) is 0 Å². The van der Waals surface area contributed by atoms with Crippen LogP contribution in [0.2, 0.25) is 0 Å². The molecule has 1 saturated carbocycles. The molecule has 1 aliphatic carbocycles. The minimum Gasteiger partial charge on any atom is -0.469 e. The highest BCUT2D eigenvalue weighted by Crippen LogP contribution is 2.51. The van der Waals surface area contributed by atoms with Crippen molar-refractivity contribution >= 4 is 11.9 Å². The number of methoxy groups -OCH3 is 2. The molecule has 0 aromatic rings. The van der Waals surface area contributed by atoms with Gasteiger partial charge in [-0.25, -0.2) is 0 Å². The zero-order chi connectivity index (χ0) is 14.6. The molecule has 4 heteroatoms. The lowest BCUT2D eigenvalue weighted by atomic mass is 9.56. The predicted molar refractivity (Wildman–Crippen MR) is 72.4 cm³/mol. The third-order valence-corrected chi connectivity index (χ3v) is 5.18. The van der Waals surface area contributed by atoms with Crippen LogP contribution in [0.15, 0.2) is 0 Å². The van der Waals surface area contributed by atoms with Gasteiger partial charge in [0.1, 0.15) is 0 Å². The van der Waals surface area contributed by atoms with Crippen LogP contribution >= 0.6 is 0 Å². The van der Waals surface area contributed by atoms with E-state index in [2.05, 4.69) is 20.8 Å². The van der Waals surface area contributed by atoms with Crippen LogP contribution in [-0.4, -0.2) is 26.2 Å². The van der Waals surface area contributed by atoms with Crippen molar-refractivity contribution in [2.45, 2.75) is 46.5 Å². The number of esters is 2. The molecule has 0 aliphatic heterocycles. The van der Waals surface area contributed by atoms with E-state index in [-0.39, 0.29) is 23.3 Å². The SMILES string of the molecule is COC(=O)CC[C@@]1(C)[C@H](C)[C@H](C)CC[C@H]1C(=O)OC. The van der Waals surface area contributed by atoms with Gasteiger partial charge in [0.15, 0.2) is 0 Å². The van der Waals surface area contributed by atoms with Crippen LogP contribution in [0.3, 0.4) is 0 Å². The van der Waals surface area contributed by atoms with Crippen molar-refractivity contribution < 1.29 is 19.1 Å². The summed E-state index contributed by atoms with van der Waals surface area (Å²) in [5.74, 6) is 0.466. The van der Waals surface area contributed by atoms with Gasteiger partial charge in [-0.3, -0.25) is 9.59 Å². The number of rotatable bonds is 4. The Hall–Kier alpha value is -1.06. The summed E-state index contributed by atoms with van der Waals surface area (Å²) in [5.41, 5.74) is -0.195. The number of ether oxygens (including phenoxy) is 2. The van der Waals surface area contributed by atoms with Gasteiger partial charge in [0, 0.05) is 6.42 Å². The van der Waals surface area contributed by atoms with Crippen LogP contribution in [0.25, 0.3) is 0 Å². The van der Waals surface area contributed by atoms with Gasteiger partial charge < -0.3 is 9.47 Å². The minimum atomic E-state index is -0.213. The maximum atomic E-state index is 12.0. The standard InChI is InChI=1S/C15H26O4/c1-10-6-7-12(14(17)19-5)15(3,11(10)2)9-8-13(16)18-4/h10-12H,6-9H2,1-5H3/t10-,11-,12+,15+/m1/s1. The molecule has 1 rings (SSSR count). The van der Waals surface area contributed by atoms with Crippen LogP contribution in [0.5, 0.6) is 0 Å². The van der Waals surface area contributed by atoms with E-state index in [1.54, 1.807) is 0 Å². The largest absolute Gasteiger partial charge is 0.469 e. The first-order valence-corrected chi connectivity index (χ1v) is 7.01. The molecule has 0 bridgehead atoms. The highest BCUT2D eigenvalue weighted by molar-refractivity contribution is 5.74. The lowest BCUT2D eigenvalue weighted by molar-refractivity contribution is -0.158. The highest BCUT2D eigenvalue weighted by atomic mass is 16.5. The minimum absolute atomic E-state index is 0.117. The van der Waals surface area contributed by atoms with Crippen LogP contribution in [0.4, 0.5) is 0 Å². The fourth-order valence-electron chi connectivity index (χ4n) is 3.38. The Morgan fingerprint density at radius 1 is 1.16 bits per heavy atom. The summed E-state index contributed by atoms with van der Waals surface area (Å²) in [7, 11) is 2.83. The van der Waals surface area contributed by atoms with Crippen LogP contribution in [0, 0.1) is 23.2 Å². The van der Waals surface area contributed by atoms with E-state index in [1.807, 2.05) is 0 Å². The topological polar surface area (TPSA) is 52.6 Å². The van der Waals surface area contributed by atoms with E-state index < -0.39 is 0 Å². The molecule has 0 radical (unpaired) electrons. The van der Waals surface area contributed by atoms with Crippen LogP contribution < -0.4 is 0 Å².